The van der Waals surface area contributed by atoms with E-state index in [9.17, 15) is 9.90 Å². The Morgan fingerprint density at radius 3 is 2.26 bits per heavy atom. The Morgan fingerprint density at radius 1 is 0.821 bits per heavy atom. The maximum absolute atomic E-state index is 13.5. The minimum Gasteiger partial charge on any atom is -0.511 e. The second-order valence-electron chi connectivity index (χ2n) is 9.08. The zero-order valence-corrected chi connectivity index (χ0v) is 22.7. The number of carbonyl (C=O) groups excluding carboxylic acids is 1. The van der Waals surface area contributed by atoms with Gasteiger partial charge in [0, 0.05) is 0 Å². The van der Waals surface area contributed by atoms with Crippen LogP contribution >= 0.6 is 11.8 Å². The van der Waals surface area contributed by atoms with Gasteiger partial charge in [0.1, 0.15) is 34.5 Å². The molecule has 0 bridgehead atoms. The average molecular weight is 543 g/mol. The van der Waals surface area contributed by atoms with Crippen LogP contribution in [0, 0.1) is 0 Å². The fourth-order valence-electron chi connectivity index (χ4n) is 4.56. The summed E-state index contributed by atoms with van der Waals surface area (Å²) in [6.45, 7) is 4.79. The van der Waals surface area contributed by atoms with Crippen molar-refractivity contribution in [2.75, 3.05) is 19.8 Å². The fraction of sp³-hybridized carbons (Fsp3) is 0.219. The summed E-state index contributed by atoms with van der Waals surface area (Å²) in [7, 11) is 0. The predicted octanol–water partition coefficient (Wildman–Crippen LogP) is 7.42. The third kappa shape index (κ3) is 5.83. The third-order valence-corrected chi connectivity index (χ3v) is 7.56. The number of fused-ring (bicyclic) bond motifs is 1. The van der Waals surface area contributed by atoms with Gasteiger partial charge in [-0.1, -0.05) is 72.4 Å². The maximum atomic E-state index is 13.5. The highest BCUT2D eigenvalue weighted by molar-refractivity contribution is 8.04. The van der Waals surface area contributed by atoms with Gasteiger partial charge in [0.05, 0.1) is 24.5 Å². The summed E-state index contributed by atoms with van der Waals surface area (Å²) in [5.74, 6) is 1.21. The van der Waals surface area contributed by atoms with Gasteiger partial charge in [-0.15, -0.1) is 0 Å². The number of carbonyl (C=O) groups is 1. The summed E-state index contributed by atoms with van der Waals surface area (Å²) in [5, 5.41) is 13.4. The van der Waals surface area contributed by atoms with Gasteiger partial charge in [0.15, 0.2) is 5.60 Å². The molecule has 0 spiro atoms. The first-order valence-electron chi connectivity index (χ1n) is 12.9. The van der Waals surface area contributed by atoms with E-state index in [0.29, 0.717) is 35.4 Å². The summed E-state index contributed by atoms with van der Waals surface area (Å²) in [5.41, 5.74) is -0.461. The van der Waals surface area contributed by atoms with E-state index in [1.807, 2.05) is 92.7 Å². The Morgan fingerprint density at radius 2 is 1.51 bits per heavy atom. The summed E-state index contributed by atoms with van der Waals surface area (Å²) >= 11 is 1.11. The number of aliphatic hydroxyl groups is 1. The summed E-state index contributed by atoms with van der Waals surface area (Å²) in [6, 6.07) is 28.7. The zero-order valence-electron chi connectivity index (χ0n) is 21.9. The summed E-state index contributed by atoms with van der Waals surface area (Å²) < 4.78 is 23.7. The van der Waals surface area contributed by atoms with Crippen molar-refractivity contribution in [2.45, 2.75) is 30.8 Å². The summed E-state index contributed by atoms with van der Waals surface area (Å²) in [4.78, 5) is 14.2. The van der Waals surface area contributed by atoms with Gasteiger partial charge in [-0.2, -0.15) is 0 Å². The van der Waals surface area contributed by atoms with Crippen molar-refractivity contribution >= 4 is 28.5 Å². The average Bonchev–Trinajstić information content (AvgIpc) is 2.96. The Kier molecular flexibility index (Phi) is 7.98. The highest BCUT2D eigenvalue weighted by Gasteiger charge is 2.45. The molecule has 0 fully saturated rings. The second kappa shape index (κ2) is 11.7. The van der Waals surface area contributed by atoms with Gasteiger partial charge in [-0.05, 0) is 60.5 Å². The van der Waals surface area contributed by atoms with Crippen LogP contribution < -0.4 is 14.2 Å². The van der Waals surface area contributed by atoms with E-state index in [0.717, 1.165) is 28.1 Å². The largest absolute Gasteiger partial charge is 0.511 e. The molecule has 0 radical (unpaired) electrons. The van der Waals surface area contributed by atoms with Crippen LogP contribution in [-0.2, 0) is 15.1 Å². The second-order valence-corrected chi connectivity index (χ2v) is 10.1. The molecule has 1 N–H and O–H groups in total. The lowest BCUT2D eigenvalue weighted by molar-refractivity contribution is -0.163. The minimum absolute atomic E-state index is 0.0348. The van der Waals surface area contributed by atoms with Crippen LogP contribution in [-0.4, -0.2) is 30.9 Å². The van der Waals surface area contributed by atoms with Crippen LogP contribution in [0.4, 0.5) is 0 Å². The van der Waals surface area contributed by atoms with E-state index in [1.54, 1.807) is 12.1 Å². The standard InChI is InChI=1S/C32H30O6S/c1-3-35-26-16-17-28(36-4-2)29(19-26)39-30-27(33)20-32(38-31(30)34,24-12-6-5-7-13-24)21-37-25-15-14-22-10-8-9-11-23(22)18-25/h5-19,33H,3-4,20-21H2,1-2H3. The van der Waals surface area contributed by atoms with Gasteiger partial charge < -0.3 is 24.1 Å². The molecule has 0 saturated carbocycles. The molecule has 1 atom stereocenters. The molecule has 5 rings (SSSR count). The molecule has 4 aromatic carbocycles. The van der Waals surface area contributed by atoms with Crippen molar-refractivity contribution in [3.63, 3.8) is 0 Å². The van der Waals surface area contributed by atoms with Crippen molar-refractivity contribution in [1.29, 1.82) is 0 Å². The normalized spacial score (nSPS) is 17.1. The molecule has 4 aromatic rings. The highest BCUT2D eigenvalue weighted by atomic mass is 32.2. The number of cyclic esters (lactones) is 1. The molecular weight excluding hydrogens is 512 g/mol. The van der Waals surface area contributed by atoms with E-state index in [2.05, 4.69) is 0 Å². The van der Waals surface area contributed by atoms with Crippen molar-refractivity contribution in [3.8, 4) is 17.2 Å². The molecule has 6 nitrogen and oxygen atoms in total. The predicted molar refractivity (Wildman–Crippen MR) is 153 cm³/mol. The van der Waals surface area contributed by atoms with E-state index in [1.165, 1.54) is 0 Å². The summed E-state index contributed by atoms with van der Waals surface area (Å²) in [6.07, 6.45) is 0.0633. The van der Waals surface area contributed by atoms with E-state index < -0.39 is 11.6 Å². The third-order valence-electron chi connectivity index (χ3n) is 6.42. The topological polar surface area (TPSA) is 74.2 Å². The van der Waals surface area contributed by atoms with Crippen LogP contribution in [0.15, 0.2) is 107 Å². The maximum Gasteiger partial charge on any atom is 0.349 e. The number of thioether (sulfide) groups is 1. The number of hydrogen-bond donors (Lipinski definition) is 1. The first-order valence-corrected chi connectivity index (χ1v) is 13.7. The molecule has 0 aromatic heterocycles. The molecule has 1 heterocycles. The smallest absolute Gasteiger partial charge is 0.349 e. The highest BCUT2D eigenvalue weighted by Crippen LogP contribution is 2.45. The number of esters is 1. The number of ether oxygens (including phenoxy) is 4. The van der Waals surface area contributed by atoms with Crippen molar-refractivity contribution in [1.82, 2.24) is 0 Å². The monoisotopic (exact) mass is 542 g/mol. The number of rotatable bonds is 10. The lowest BCUT2D eigenvalue weighted by Gasteiger charge is -2.37. The molecule has 0 aliphatic carbocycles. The zero-order chi connectivity index (χ0) is 27.2. The molecule has 7 heteroatoms. The molecule has 0 saturated heterocycles. The molecule has 1 aliphatic rings. The van der Waals surface area contributed by atoms with Crippen LogP contribution in [0.3, 0.4) is 0 Å². The van der Waals surface area contributed by atoms with Crippen LogP contribution in [0.5, 0.6) is 17.2 Å². The van der Waals surface area contributed by atoms with Crippen LogP contribution in [0.1, 0.15) is 25.8 Å². The minimum atomic E-state index is -1.20. The van der Waals surface area contributed by atoms with Gasteiger partial charge in [-0.25, -0.2) is 4.79 Å². The fourth-order valence-corrected chi connectivity index (χ4v) is 5.50. The Bertz CT molecular complexity index is 1500. The molecule has 200 valence electrons. The van der Waals surface area contributed by atoms with Gasteiger partial charge >= 0.3 is 5.97 Å². The molecule has 0 amide bonds. The SMILES string of the molecule is CCOc1ccc(OCC)c(SC2=C(O)CC(COc3ccc4ccccc4c3)(c3ccccc3)OC2=O)c1. The number of benzene rings is 4. The van der Waals surface area contributed by atoms with Gasteiger partial charge in [0.2, 0.25) is 0 Å². The van der Waals surface area contributed by atoms with Gasteiger partial charge in [-0.3, -0.25) is 0 Å². The lowest BCUT2D eigenvalue weighted by Crippen LogP contribution is -2.42. The van der Waals surface area contributed by atoms with Crippen LogP contribution in [0.2, 0.25) is 0 Å². The van der Waals surface area contributed by atoms with E-state index in [-0.39, 0.29) is 23.7 Å². The van der Waals surface area contributed by atoms with Crippen molar-refractivity contribution in [3.05, 3.63) is 107 Å². The van der Waals surface area contributed by atoms with Crippen molar-refractivity contribution in [2.24, 2.45) is 0 Å². The van der Waals surface area contributed by atoms with E-state index >= 15 is 0 Å². The quantitative estimate of drug-likeness (QED) is 0.209. The molecular formula is C32H30O6S. The lowest BCUT2D eigenvalue weighted by atomic mass is 9.88. The molecule has 1 unspecified atom stereocenters. The Hall–Kier alpha value is -4.10. The van der Waals surface area contributed by atoms with Crippen LogP contribution in [0.25, 0.3) is 10.8 Å². The van der Waals surface area contributed by atoms with Crippen molar-refractivity contribution < 1.29 is 28.8 Å². The molecule has 39 heavy (non-hydrogen) atoms. The first kappa shape index (κ1) is 26.5. The molecule has 1 aliphatic heterocycles. The Balaban J connectivity index is 1.45. The Labute approximate surface area is 232 Å². The number of aliphatic hydroxyl groups excluding tert-OH is 1. The number of hydrogen-bond acceptors (Lipinski definition) is 7. The van der Waals surface area contributed by atoms with Gasteiger partial charge in [0.25, 0.3) is 0 Å². The first-order chi connectivity index (χ1) is 19.0. The van der Waals surface area contributed by atoms with E-state index in [4.69, 9.17) is 18.9 Å².